The topological polar surface area (TPSA) is 0 Å². The van der Waals surface area contributed by atoms with Crippen LogP contribution in [0, 0.1) is 6.92 Å². The molecule has 0 heteroatoms. The number of hydrogen-bond acceptors (Lipinski definition) is 0. The third-order valence-corrected chi connectivity index (χ3v) is 3.84. The summed E-state index contributed by atoms with van der Waals surface area (Å²) < 4.78 is 0. The molecule has 90 valence electrons. The first-order chi connectivity index (χ1) is 8.24. The van der Waals surface area contributed by atoms with Crippen molar-refractivity contribution in [1.82, 2.24) is 0 Å². The first kappa shape index (κ1) is 12.2. The van der Waals surface area contributed by atoms with Crippen LogP contribution in [0.5, 0.6) is 0 Å². The smallest absolute Gasteiger partial charge is 0.00209 e. The molecular formula is C17H22. The van der Waals surface area contributed by atoms with E-state index >= 15 is 0 Å². The van der Waals surface area contributed by atoms with Gasteiger partial charge in [-0.15, -0.1) is 0 Å². The van der Waals surface area contributed by atoms with Crippen LogP contribution in [0.1, 0.15) is 55.2 Å². The van der Waals surface area contributed by atoms with Crippen LogP contribution in [0.3, 0.4) is 0 Å². The molecule has 0 saturated heterocycles. The minimum absolute atomic E-state index is 0.619. The van der Waals surface area contributed by atoms with Crippen molar-refractivity contribution in [3.63, 3.8) is 0 Å². The van der Waals surface area contributed by atoms with Gasteiger partial charge in [-0.25, -0.2) is 0 Å². The molecule has 0 N–H and O–H groups in total. The summed E-state index contributed by atoms with van der Waals surface area (Å²) in [6, 6.07) is 6.67. The summed E-state index contributed by atoms with van der Waals surface area (Å²) in [6.45, 7) is 8.59. The highest BCUT2D eigenvalue weighted by atomic mass is 14.2. The molecule has 1 aliphatic rings. The number of hydrogen-bond donors (Lipinski definition) is 0. The fourth-order valence-corrected chi connectivity index (χ4v) is 2.70. The Balaban J connectivity index is 2.38. The van der Waals surface area contributed by atoms with Gasteiger partial charge in [0.25, 0.3) is 0 Å². The zero-order valence-corrected chi connectivity index (χ0v) is 11.0. The van der Waals surface area contributed by atoms with Crippen LogP contribution in [0.15, 0.2) is 36.9 Å². The Morgan fingerprint density at radius 2 is 2.24 bits per heavy atom. The highest BCUT2D eigenvalue weighted by molar-refractivity contribution is 5.67. The minimum Gasteiger partial charge on any atom is -0.0952 e. The highest BCUT2D eigenvalue weighted by Gasteiger charge is 2.15. The SMILES string of the molecule is C=C(CC)c1cccc(C2C=CCCC2)c1C. The molecule has 1 atom stereocenters. The van der Waals surface area contributed by atoms with Crippen molar-refractivity contribution < 1.29 is 0 Å². The molecule has 1 aromatic carbocycles. The van der Waals surface area contributed by atoms with Gasteiger partial charge in [-0.1, -0.05) is 43.9 Å². The van der Waals surface area contributed by atoms with Crippen molar-refractivity contribution >= 4 is 5.57 Å². The third-order valence-electron chi connectivity index (χ3n) is 3.84. The highest BCUT2D eigenvalue weighted by Crippen LogP contribution is 2.33. The second-order valence-corrected chi connectivity index (χ2v) is 4.94. The van der Waals surface area contributed by atoms with Crippen LogP contribution in [0.2, 0.25) is 0 Å². The number of benzene rings is 1. The average molecular weight is 226 g/mol. The van der Waals surface area contributed by atoms with E-state index in [1.54, 1.807) is 0 Å². The quantitative estimate of drug-likeness (QED) is 0.618. The maximum absolute atomic E-state index is 4.17. The van der Waals surface area contributed by atoms with Gasteiger partial charge in [0.1, 0.15) is 0 Å². The van der Waals surface area contributed by atoms with Gasteiger partial charge < -0.3 is 0 Å². The second kappa shape index (κ2) is 5.35. The van der Waals surface area contributed by atoms with Crippen LogP contribution >= 0.6 is 0 Å². The molecule has 0 amide bonds. The van der Waals surface area contributed by atoms with Crippen molar-refractivity contribution in [2.75, 3.05) is 0 Å². The molecule has 0 radical (unpaired) electrons. The monoisotopic (exact) mass is 226 g/mol. The van der Waals surface area contributed by atoms with Crippen molar-refractivity contribution in [3.8, 4) is 0 Å². The Hall–Kier alpha value is -1.30. The van der Waals surface area contributed by atoms with Crippen molar-refractivity contribution in [2.24, 2.45) is 0 Å². The lowest BCUT2D eigenvalue weighted by atomic mass is 9.84. The van der Waals surface area contributed by atoms with E-state index in [4.69, 9.17) is 0 Å². The van der Waals surface area contributed by atoms with Crippen molar-refractivity contribution in [3.05, 3.63) is 53.6 Å². The van der Waals surface area contributed by atoms with E-state index in [9.17, 15) is 0 Å². The van der Waals surface area contributed by atoms with E-state index in [1.807, 2.05) is 0 Å². The first-order valence-corrected chi connectivity index (χ1v) is 6.68. The largest absolute Gasteiger partial charge is 0.0952 e. The lowest BCUT2D eigenvalue weighted by Crippen LogP contribution is -2.03. The molecule has 0 aliphatic heterocycles. The number of allylic oxidation sites excluding steroid dienone is 3. The predicted octanol–water partition coefficient (Wildman–Crippen LogP) is 5.24. The molecule has 0 saturated carbocycles. The zero-order valence-electron chi connectivity index (χ0n) is 11.0. The lowest BCUT2D eigenvalue weighted by molar-refractivity contribution is 0.651. The first-order valence-electron chi connectivity index (χ1n) is 6.68. The molecule has 1 unspecified atom stereocenters. The molecule has 0 spiro atoms. The molecule has 0 aromatic heterocycles. The molecule has 0 nitrogen and oxygen atoms in total. The van der Waals surface area contributed by atoms with E-state index in [2.05, 4.69) is 50.8 Å². The predicted molar refractivity (Wildman–Crippen MR) is 76.2 cm³/mol. The van der Waals surface area contributed by atoms with E-state index in [0.717, 1.165) is 6.42 Å². The van der Waals surface area contributed by atoms with Gasteiger partial charge in [-0.2, -0.15) is 0 Å². The fraction of sp³-hybridized carbons (Fsp3) is 0.412. The summed E-state index contributed by atoms with van der Waals surface area (Å²) in [6.07, 6.45) is 9.60. The maximum Gasteiger partial charge on any atom is 0.00209 e. The van der Waals surface area contributed by atoms with Gasteiger partial charge in [-0.05, 0) is 54.9 Å². The van der Waals surface area contributed by atoms with Crippen LogP contribution < -0.4 is 0 Å². The molecule has 0 heterocycles. The number of rotatable bonds is 3. The molecular weight excluding hydrogens is 204 g/mol. The third kappa shape index (κ3) is 2.52. The minimum atomic E-state index is 0.619. The lowest BCUT2D eigenvalue weighted by Gasteiger charge is -2.21. The summed E-state index contributed by atoms with van der Waals surface area (Å²) in [4.78, 5) is 0. The van der Waals surface area contributed by atoms with E-state index < -0.39 is 0 Å². The standard InChI is InChI=1S/C17H22/c1-4-13(2)16-11-8-12-17(14(16)3)15-9-6-5-7-10-15/h6,8-9,11-12,15H,2,4-5,7,10H2,1,3H3. The normalized spacial score (nSPS) is 19.3. The second-order valence-electron chi connectivity index (χ2n) is 4.94. The summed E-state index contributed by atoms with van der Waals surface area (Å²) in [7, 11) is 0. The Kier molecular flexibility index (Phi) is 3.83. The van der Waals surface area contributed by atoms with Gasteiger partial charge >= 0.3 is 0 Å². The Morgan fingerprint density at radius 1 is 1.41 bits per heavy atom. The maximum atomic E-state index is 4.17. The average Bonchev–Trinajstić information content (AvgIpc) is 2.39. The molecule has 1 aromatic rings. The summed E-state index contributed by atoms with van der Waals surface area (Å²) >= 11 is 0. The van der Waals surface area contributed by atoms with E-state index in [0.29, 0.717) is 5.92 Å². The van der Waals surface area contributed by atoms with Crippen LogP contribution in [-0.2, 0) is 0 Å². The fourth-order valence-electron chi connectivity index (χ4n) is 2.70. The van der Waals surface area contributed by atoms with E-state index in [-0.39, 0.29) is 0 Å². The Morgan fingerprint density at radius 3 is 2.88 bits per heavy atom. The Labute approximate surface area is 105 Å². The van der Waals surface area contributed by atoms with Gasteiger partial charge in [0.05, 0.1) is 0 Å². The molecule has 0 bridgehead atoms. The molecule has 2 rings (SSSR count). The van der Waals surface area contributed by atoms with Crippen LogP contribution in [-0.4, -0.2) is 0 Å². The van der Waals surface area contributed by atoms with Crippen LogP contribution in [0.4, 0.5) is 0 Å². The van der Waals surface area contributed by atoms with Gasteiger partial charge in [-0.3, -0.25) is 0 Å². The van der Waals surface area contributed by atoms with E-state index in [1.165, 1.54) is 41.5 Å². The Bertz CT molecular complexity index is 437. The van der Waals surface area contributed by atoms with Gasteiger partial charge in [0, 0.05) is 5.92 Å². The zero-order chi connectivity index (χ0) is 12.3. The summed E-state index contributed by atoms with van der Waals surface area (Å²) in [5, 5.41) is 0. The van der Waals surface area contributed by atoms with Crippen LogP contribution in [0.25, 0.3) is 5.57 Å². The van der Waals surface area contributed by atoms with Gasteiger partial charge in [0.15, 0.2) is 0 Å². The molecule has 0 fully saturated rings. The van der Waals surface area contributed by atoms with Crippen molar-refractivity contribution in [2.45, 2.75) is 45.4 Å². The van der Waals surface area contributed by atoms with Crippen molar-refractivity contribution in [1.29, 1.82) is 0 Å². The molecule has 17 heavy (non-hydrogen) atoms. The summed E-state index contributed by atoms with van der Waals surface area (Å²) in [5.41, 5.74) is 5.53. The summed E-state index contributed by atoms with van der Waals surface area (Å²) in [5.74, 6) is 0.619. The van der Waals surface area contributed by atoms with Gasteiger partial charge in [0.2, 0.25) is 0 Å². The molecule has 1 aliphatic carbocycles.